The van der Waals surface area contributed by atoms with Crippen LogP contribution in [0.4, 0.5) is 5.69 Å². The lowest BCUT2D eigenvalue weighted by Crippen LogP contribution is -2.46. The summed E-state index contributed by atoms with van der Waals surface area (Å²) in [7, 11) is -4.36. The highest BCUT2D eigenvalue weighted by Gasteiger charge is 2.49. The first-order valence-electron chi connectivity index (χ1n) is 10.3. The van der Waals surface area contributed by atoms with Crippen LogP contribution in [0.3, 0.4) is 0 Å². The maximum atomic E-state index is 13.9. The summed E-state index contributed by atoms with van der Waals surface area (Å²) in [5.74, 6) is -1.17. The smallest absolute Gasteiger partial charge is 0.252 e. The van der Waals surface area contributed by atoms with Gasteiger partial charge in [0.25, 0.3) is 5.91 Å². The van der Waals surface area contributed by atoms with Crippen LogP contribution >= 0.6 is 34.8 Å². The number of hydrogen-bond donors (Lipinski definition) is 0. The Labute approximate surface area is 212 Å². The summed E-state index contributed by atoms with van der Waals surface area (Å²) in [5.41, 5.74) is 0.960. The molecule has 1 aliphatic heterocycles. The molecule has 0 bridgehead atoms. The molecule has 176 valence electrons. The van der Waals surface area contributed by atoms with Crippen molar-refractivity contribution in [3.8, 4) is 0 Å². The molecule has 34 heavy (non-hydrogen) atoms. The molecule has 2 unspecified atom stereocenters. The molecule has 0 N–H and O–H groups in total. The first-order valence-corrected chi connectivity index (χ1v) is 12.8. The number of nitrogens with zero attached hydrogens (tertiary/aromatic N) is 2. The highest BCUT2D eigenvalue weighted by atomic mass is 35.5. The van der Waals surface area contributed by atoms with Gasteiger partial charge in [0.2, 0.25) is 15.9 Å². The molecule has 0 spiro atoms. The Morgan fingerprint density at radius 2 is 1.53 bits per heavy atom. The van der Waals surface area contributed by atoms with E-state index in [9.17, 15) is 18.0 Å². The molecule has 3 aromatic rings. The van der Waals surface area contributed by atoms with Crippen molar-refractivity contribution in [3.63, 3.8) is 0 Å². The summed E-state index contributed by atoms with van der Waals surface area (Å²) in [4.78, 5) is 27.2. The van der Waals surface area contributed by atoms with Crippen molar-refractivity contribution in [1.29, 1.82) is 0 Å². The Bertz CT molecular complexity index is 1350. The van der Waals surface area contributed by atoms with Crippen molar-refractivity contribution in [2.24, 2.45) is 0 Å². The molecule has 4 rings (SSSR count). The van der Waals surface area contributed by atoms with Gasteiger partial charge in [-0.1, -0.05) is 65.1 Å². The molecule has 0 aromatic heterocycles. The molecule has 2 amide bonds. The molecule has 1 heterocycles. The number of amides is 2. The van der Waals surface area contributed by atoms with Gasteiger partial charge in [-0.2, -0.15) is 4.31 Å². The van der Waals surface area contributed by atoms with Crippen LogP contribution < -0.4 is 4.90 Å². The van der Waals surface area contributed by atoms with Crippen molar-refractivity contribution in [3.05, 3.63) is 93.4 Å². The molecule has 0 aliphatic carbocycles. The number of sulfonamides is 1. The molecule has 1 saturated heterocycles. The second kappa shape index (κ2) is 9.68. The molecule has 1 fully saturated rings. The number of imide groups is 1. The van der Waals surface area contributed by atoms with Gasteiger partial charge in [-0.25, -0.2) is 13.3 Å². The normalized spacial score (nSPS) is 17.4. The number of carbonyl (C=O) groups excluding carboxylic acids is 2. The molecule has 0 saturated carbocycles. The summed E-state index contributed by atoms with van der Waals surface area (Å²) < 4.78 is 28.9. The van der Waals surface area contributed by atoms with Crippen LogP contribution in [-0.4, -0.2) is 30.6 Å². The Morgan fingerprint density at radius 1 is 0.912 bits per heavy atom. The monoisotopic (exact) mass is 536 g/mol. The van der Waals surface area contributed by atoms with E-state index in [2.05, 4.69) is 0 Å². The van der Waals surface area contributed by atoms with Crippen molar-refractivity contribution in [2.75, 3.05) is 4.90 Å². The van der Waals surface area contributed by atoms with E-state index in [0.717, 1.165) is 9.21 Å². The average molecular weight is 538 g/mol. The minimum atomic E-state index is -4.36. The maximum absolute atomic E-state index is 13.9. The number of rotatable bonds is 6. The predicted octanol–water partition coefficient (Wildman–Crippen LogP) is 5.73. The van der Waals surface area contributed by atoms with Crippen molar-refractivity contribution < 1.29 is 18.0 Å². The van der Waals surface area contributed by atoms with Crippen molar-refractivity contribution >= 4 is 62.3 Å². The van der Waals surface area contributed by atoms with Gasteiger partial charge >= 0.3 is 0 Å². The van der Waals surface area contributed by atoms with Gasteiger partial charge in [-0.05, 0) is 55.0 Å². The van der Waals surface area contributed by atoms with E-state index in [4.69, 9.17) is 34.8 Å². The van der Waals surface area contributed by atoms with E-state index in [1.165, 1.54) is 30.3 Å². The fourth-order valence-corrected chi connectivity index (χ4v) is 6.62. The van der Waals surface area contributed by atoms with Crippen LogP contribution in [0.1, 0.15) is 24.9 Å². The summed E-state index contributed by atoms with van der Waals surface area (Å²) in [6.07, 6.45) is -0.323. The third-order valence-electron chi connectivity index (χ3n) is 5.63. The van der Waals surface area contributed by atoms with E-state index in [-0.39, 0.29) is 21.4 Å². The van der Waals surface area contributed by atoms with Crippen molar-refractivity contribution in [2.45, 2.75) is 30.3 Å². The SMILES string of the molecule is CC(c1ccccc1)N(C1CC(=O)N(c2ccc(Cl)cc2)C1=O)S(=O)(=O)c1cc(Cl)ccc1Cl. The zero-order valence-electron chi connectivity index (χ0n) is 17.9. The van der Waals surface area contributed by atoms with Gasteiger partial charge in [0.05, 0.1) is 17.1 Å². The van der Waals surface area contributed by atoms with Gasteiger partial charge in [-0.3, -0.25) is 9.59 Å². The largest absolute Gasteiger partial charge is 0.274 e. The first kappa shape index (κ1) is 24.7. The number of benzene rings is 3. The third-order valence-corrected chi connectivity index (χ3v) is 8.58. The Morgan fingerprint density at radius 3 is 2.18 bits per heavy atom. The molecular weight excluding hydrogens is 519 g/mol. The lowest BCUT2D eigenvalue weighted by Gasteiger charge is -2.32. The van der Waals surface area contributed by atoms with E-state index in [1.54, 1.807) is 49.4 Å². The third kappa shape index (κ3) is 4.59. The highest BCUT2D eigenvalue weighted by molar-refractivity contribution is 7.89. The van der Waals surface area contributed by atoms with Crippen LogP contribution in [0, 0.1) is 0 Å². The number of anilines is 1. The van der Waals surface area contributed by atoms with Crippen LogP contribution in [0.5, 0.6) is 0 Å². The minimum absolute atomic E-state index is 0.0407. The van der Waals surface area contributed by atoms with E-state index >= 15 is 0 Å². The second-order valence-electron chi connectivity index (χ2n) is 7.76. The summed E-state index contributed by atoms with van der Waals surface area (Å²) in [5, 5.41) is 0.574. The molecule has 2 atom stereocenters. The van der Waals surface area contributed by atoms with E-state index < -0.39 is 33.9 Å². The van der Waals surface area contributed by atoms with Gasteiger partial charge < -0.3 is 0 Å². The van der Waals surface area contributed by atoms with Gasteiger partial charge in [0, 0.05) is 16.1 Å². The Balaban J connectivity index is 1.83. The average Bonchev–Trinajstić information content (AvgIpc) is 3.09. The van der Waals surface area contributed by atoms with Crippen molar-refractivity contribution in [1.82, 2.24) is 4.31 Å². The van der Waals surface area contributed by atoms with Crippen LogP contribution in [0.15, 0.2) is 77.7 Å². The first-order chi connectivity index (χ1) is 16.1. The second-order valence-corrected chi connectivity index (χ2v) is 10.9. The minimum Gasteiger partial charge on any atom is -0.274 e. The van der Waals surface area contributed by atoms with Gasteiger partial charge in [0.15, 0.2) is 0 Å². The summed E-state index contributed by atoms with van der Waals surface area (Å²) in [6.45, 7) is 1.66. The number of carbonyl (C=O) groups is 2. The topological polar surface area (TPSA) is 74.8 Å². The fraction of sp³-hybridized carbons (Fsp3) is 0.167. The van der Waals surface area contributed by atoms with Crippen LogP contribution in [-0.2, 0) is 19.6 Å². The number of hydrogen-bond acceptors (Lipinski definition) is 4. The zero-order valence-corrected chi connectivity index (χ0v) is 20.9. The van der Waals surface area contributed by atoms with Gasteiger partial charge in [-0.15, -0.1) is 0 Å². The van der Waals surface area contributed by atoms with Crippen LogP contribution in [0.25, 0.3) is 0 Å². The molecule has 0 radical (unpaired) electrons. The number of halogens is 3. The molecule has 6 nitrogen and oxygen atoms in total. The lowest BCUT2D eigenvalue weighted by atomic mass is 10.1. The predicted molar refractivity (Wildman–Crippen MR) is 133 cm³/mol. The standard InChI is InChI=1S/C24H19Cl3N2O4S/c1-15(16-5-3-2-4-6-16)29(34(32,33)22-13-18(26)9-12-20(22)27)21-14-23(30)28(24(21)31)19-10-7-17(25)8-11-19/h2-13,15,21H,14H2,1H3. The summed E-state index contributed by atoms with van der Waals surface area (Å²) >= 11 is 18.3. The molecular formula is C24H19Cl3N2O4S. The summed E-state index contributed by atoms with van der Waals surface area (Å²) in [6, 6.07) is 17.1. The zero-order chi connectivity index (χ0) is 24.6. The quantitative estimate of drug-likeness (QED) is 0.376. The van der Waals surface area contributed by atoms with E-state index in [1.807, 2.05) is 0 Å². The molecule has 10 heteroatoms. The highest BCUT2D eigenvalue weighted by Crippen LogP contribution is 2.38. The fourth-order valence-electron chi connectivity index (χ4n) is 3.99. The lowest BCUT2D eigenvalue weighted by molar-refractivity contribution is -0.122. The maximum Gasteiger partial charge on any atom is 0.252 e. The van der Waals surface area contributed by atoms with Crippen LogP contribution in [0.2, 0.25) is 15.1 Å². The molecule has 1 aliphatic rings. The molecule has 3 aromatic carbocycles. The Kier molecular flexibility index (Phi) is 7.03. The van der Waals surface area contributed by atoms with Gasteiger partial charge in [0.1, 0.15) is 10.9 Å². The van der Waals surface area contributed by atoms with E-state index in [0.29, 0.717) is 16.3 Å². The Hall–Kier alpha value is -2.42.